The molecule has 0 spiro atoms. The maximum absolute atomic E-state index is 12.7. The molecule has 2 fully saturated rings. The number of nitrogens with zero attached hydrogens (tertiary/aromatic N) is 4. The van der Waals surface area contributed by atoms with Crippen molar-refractivity contribution in [2.45, 2.75) is 44.7 Å². The Morgan fingerprint density at radius 3 is 2.62 bits per heavy atom. The molecule has 124 valence electrons. The molecule has 7 nitrogen and oxygen atoms in total. The van der Waals surface area contributed by atoms with Gasteiger partial charge in [0.1, 0.15) is 5.65 Å². The summed E-state index contributed by atoms with van der Waals surface area (Å²) in [5.74, 6) is -1.43. The van der Waals surface area contributed by atoms with Gasteiger partial charge in [0.25, 0.3) is 0 Å². The van der Waals surface area contributed by atoms with Gasteiger partial charge in [0, 0.05) is 30.2 Å². The first-order chi connectivity index (χ1) is 11.7. The SMILES string of the molecule is O=C1C(=O)N(C2CCCCC2)C(=O)N1Cc1cccn2ccnc12. The first-order valence-corrected chi connectivity index (χ1v) is 8.26. The molecule has 1 aliphatic carbocycles. The van der Waals surface area contributed by atoms with Gasteiger partial charge in [-0.3, -0.25) is 19.4 Å². The number of carbonyl (C=O) groups is 3. The minimum absolute atomic E-state index is 0.0635. The fourth-order valence-electron chi connectivity index (χ4n) is 3.63. The van der Waals surface area contributed by atoms with Crippen LogP contribution in [0.25, 0.3) is 5.65 Å². The number of imidazole rings is 1. The quantitative estimate of drug-likeness (QED) is 0.638. The molecule has 3 heterocycles. The molecule has 0 bridgehead atoms. The molecule has 0 N–H and O–H groups in total. The van der Waals surface area contributed by atoms with Crippen LogP contribution in [0.3, 0.4) is 0 Å². The molecule has 2 aromatic rings. The van der Waals surface area contributed by atoms with Crippen molar-refractivity contribution in [3.63, 3.8) is 0 Å². The van der Waals surface area contributed by atoms with Crippen LogP contribution in [-0.4, -0.2) is 43.1 Å². The molecular formula is C17H18N4O3. The molecule has 2 aromatic heterocycles. The number of imide groups is 2. The summed E-state index contributed by atoms with van der Waals surface area (Å²) in [6.07, 6.45) is 9.97. The molecule has 4 amide bonds. The molecule has 0 radical (unpaired) electrons. The van der Waals surface area contributed by atoms with Gasteiger partial charge in [-0.25, -0.2) is 9.78 Å². The number of urea groups is 1. The number of fused-ring (bicyclic) bond motifs is 1. The van der Waals surface area contributed by atoms with Crippen LogP contribution >= 0.6 is 0 Å². The Bertz CT molecular complexity index is 822. The second-order valence-corrected chi connectivity index (χ2v) is 6.33. The summed E-state index contributed by atoms with van der Waals surface area (Å²) in [5, 5.41) is 0. The average Bonchev–Trinajstić information content (AvgIpc) is 3.16. The smallest absolute Gasteiger partial charge is 0.307 e. The zero-order chi connectivity index (χ0) is 16.7. The molecule has 7 heteroatoms. The van der Waals surface area contributed by atoms with Gasteiger partial charge in [-0.1, -0.05) is 25.3 Å². The third-order valence-electron chi connectivity index (χ3n) is 4.85. The molecule has 0 unspecified atom stereocenters. The van der Waals surface area contributed by atoms with Gasteiger partial charge in [-0.05, 0) is 18.9 Å². The number of hydrogen-bond donors (Lipinski definition) is 0. The minimum atomic E-state index is -0.737. The molecular weight excluding hydrogens is 308 g/mol. The van der Waals surface area contributed by atoms with E-state index in [9.17, 15) is 14.4 Å². The molecule has 0 atom stereocenters. The van der Waals surface area contributed by atoms with Gasteiger partial charge in [0.05, 0.1) is 6.54 Å². The molecule has 2 aliphatic rings. The highest BCUT2D eigenvalue weighted by Gasteiger charge is 2.47. The summed E-state index contributed by atoms with van der Waals surface area (Å²) < 4.78 is 1.82. The molecule has 1 aliphatic heterocycles. The number of hydrogen-bond acceptors (Lipinski definition) is 4. The molecule has 1 saturated heterocycles. The van der Waals surface area contributed by atoms with Crippen molar-refractivity contribution in [3.05, 3.63) is 36.3 Å². The average molecular weight is 326 g/mol. The van der Waals surface area contributed by atoms with Crippen molar-refractivity contribution in [1.82, 2.24) is 19.2 Å². The number of rotatable bonds is 3. The second-order valence-electron chi connectivity index (χ2n) is 6.33. The summed E-state index contributed by atoms with van der Waals surface area (Å²) in [4.78, 5) is 43.8. The third kappa shape index (κ3) is 2.28. The zero-order valence-electron chi connectivity index (χ0n) is 13.2. The standard InChI is InChI=1S/C17H18N4O3/c22-15-16(23)21(13-6-2-1-3-7-13)17(24)20(15)11-12-5-4-9-19-10-8-18-14(12)19/h4-5,8-10,13H,1-3,6-7,11H2. The van der Waals surface area contributed by atoms with E-state index in [1.165, 1.54) is 4.90 Å². The van der Waals surface area contributed by atoms with Crippen molar-refractivity contribution < 1.29 is 14.4 Å². The van der Waals surface area contributed by atoms with Gasteiger partial charge in [-0.2, -0.15) is 0 Å². The van der Waals surface area contributed by atoms with E-state index in [0.29, 0.717) is 5.65 Å². The summed E-state index contributed by atoms with van der Waals surface area (Å²) in [7, 11) is 0. The fourth-order valence-corrected chi connectivity index (χ4v) is 3.63. The third-order valence-corrected chi connectivity index (χ3v) is 4.85. The van der Waals surface area contributed by atoms with E-state index in [1.54, 1.807) is 12.4 Å². The Balaban J connectivity index is 1.61. The van der Waals surface area contributed by atoms with Crippen molar-refractivity contribution in [1.29, 1.82) is 0 Å². The van der Waals surface area contributed by atoms with Crippen molar-refractivity contribution in [3.8, 4) is 0 Å². The largest absolute Gasteiger partial charge is 0.334 e. The van der Waals surface area contributed by atoms with Crippen LogP contribution in [0.5, 0.6) is 0 Å². The van der Waals surface area contributed by atoms with E-state index < -0.39 is 17.8 Å². The van der Waals surface area contributed by atoms with E-state index in [0.717, 1.165) is 42.6 Å². The number of aromatic nitrogens is 2. The highest BCUT2D eigenvalue weighted by Crippen LogP contribution is 2.28. The van der Waals surface area contributed by atoms with Gasteiger partial charge in [0.15, 0.2) is 0 Å². The van der Waals surface area contributed by atoms with Crippen LogP contribution in [0.1, 0.15) is 37.7 Å². The van der Waals surface area contributed by atoms with Crippen LogP contribution < -0.4 is 0 Å². The Hall–Kier alpha value is -2.70. The summed E-state index contributed by atoms with van der Waals surface area (Å²) in [6, 6.07) is 3.01. The van der Waals surface area contributed by atoms with Gasteiger partial charge in [0.2, 0.25) is 0 Å². The lowest BCUT2D eigenvalue weighted by Gasteiger charge is -2.28. The second kappa shape index (κ2) is 5.74. The van der Waals surface area contributed by atoms with Crippen LogP contribution in [0.2, 0.25) is 0 Å². The van der Waals surface area contributed by atoms with Gasteiger partial charge in [-0.15, -0.1) is 0 Å². The van der Waals surface area contributed by atoms with Crippen molar-refractivity contribution in [2.24, 2.45) is 0 Å². The lowest BCUT2D eigenvalue weighted by molar-refractivity contribution is -0.144. The number of pyridine rings is 1. The normalized spacial score (nSPS) is 19.8. The predicted molar refractivity (Wildman–Crippen MR) is 84.9 cm³/mol. The van der Waals surface area contributed by atoms with Crippen molar-refractivity contribution in [2.75, 3.05) is 0 Å². The molecule has 0 aromatic carbocycles. The summed E-state index contributed by atoms with van der Waals surface area (Å²) in [5.41, 5.74) is 1.42. The van der Waals surface area contributed by atoms with Crippen LogP contribution in [0.4, 0.5) is 4.79 Å². The highest BCUT2D eigenvalue weighted by atomic mass is 16.2. The lowest BCUT2D eigenvalue weighted by Crippen LogP contribution is -2.42. The predicted octanol–water partition coefficient (Wildman–Crippen LogP) is 1.96. The zero-order valence-corrected chi connectivity index (χ0v) is 13.2. The Labute approximate surface area is 138 Å². The Morgan fingerprint density at radius 1 is 1.04 bits per heavy atom. The van der Waals surface area contributed by atoms with E-state index >= 15 is 0 Å². The van der Waals surface area contributed by atoms with Gasteiger partial charge >= 0.3 is 17.8 Å². The molecule has 24 heavy (non-hydrogen) atoms. The number of carbonyl (C=O) groups excluding carboxylic acids is 3. The monoisotopic (exact) mass is 326 g/mol. The van der Waals surface area contributed by atoms with Crippen LogP contribution in [0, 0.1) is 0 Å². The van der Waals surface area contributed by atoms with Crippen LogP contribution in [-0.2, 0) is 16.1 Å². The maximum atomic E-state index is 12.7. The van der Waals surface area contributed by atoms with E-state index in [2.05, 4.69) is 4.98 Å². The van der Waals surface area contributed by atoms with Crippen molar-refractivity contribution >= 4 is 23.5 Å². The van der Waals surface area contributed by atoms with E-state index in [4.69, 9.17) is 0 Å². The molecule has 4 rings (SSSR count). The summed E-state index contributed by atoms with van der Waals surface area (Å²) in [6.45, 7) is 0.0635. The molecule has 1 saturated carbocycles. The topological polar surface area (TPSA) is 75.0 Å². The van der Waals surface area contributed by atoms with E-state index in [1.807, 2.05) is 22.7 Å². The van der Waals surface area contributed by atoms with Gasteiger partial charge < -0.3 is 4.40 Å². The summed E-state index contributed by atoms with van der Waals surface area (Å²) >= 11 is 0. The number of amides is 4. The Morgan fingerprint density at radius 2 is 1.83 bits per heavy atom. The highest BCUT2D eigenvalue weighted by molar-refractivity contribution is 6.44. The first-order valence-electron chi connectivity index (χ1n) is 8.26. The Kier molecular flexibility index (Phi) is 3.55. The maximum Gasteiger partial charge on any atom is 0.334 e. The first kappa shape index (κ1) is 14.9. The minimum Gasteiger partial charge on any atom is -0.307 e. The van der Waals surface area contributed by atoms with Crippen LogP contribution in [0.15, 0.2) is 30.7 Å². The van der Waals surface area contributed by atoms with E-state index in [-0.39, 0.29) is 12.6 Å². The fraction of sp³-hybridized carbons (Fsp3) is 0.412. The lowest BCUT2D eigenvalue weighted by atomic mass is 9.94.